The molecule has 0 radical (unpaired) electrons. The summed E-state index contributed by atoms with van der Waals surface area (Å²) in [5.41, 5.74) is 0.117. The van der Waals surface area contributed by atoms with Gasteiger partial charge in [-0.2, -0.15) is 0 Å². The van der Waals surface area contributed by atoms with Crippen LogP contribution in [0.15, 0.2) is 10.5 Å². The molecule has 17 heavy (non-hydrogen) atoms. The fraction of sp³-hybridized carbons (Fsp3) is 0.455. The molecule has 1 aromatic rings. The Morgan fingerprint density at radius 2 is 2.29 bits per heavy atom. The van der Waals surface area contributed by atoms with E-state index in [2.05, 4.69) is 21.2 Å². The fourth-order valence-corrected chi connectivity index (χ4v) is 2.26. The maximum atomic E-state index is 14.0. The highest BCUT2D eigenvalue weighted by Crippen LogP contribution is 2.36. The fourth-order valence-electron chi connectivity index (χ4n) is 1.84. The molecule has 1 heterocycles. The first-order valence-corrected chi connectivity index (χ1v) is 5.98. The number of methoxy groups -OCH3 is 1. The summed E-state index contributed by atoms with van der Waals surface area (Å²) < 4.78 is 38.1. The predicted octanol–water partition coefficient (Wildman–Crippen LogP) is 2.40. The second-order valence-electron chi connectivity index (χ2n) is 3.66. The largest absolute Gasteiger partial charge is 0.493 e. The van der Waals surface area contributed by atoms with Crippen LogP contribution in [0, 0.1) is 11.6 Å². The molecule has 3 nitrogen and oxygen atoms in total. The van der Waals surface area contributed by atoms with Crippen LogP contribution >= 0.6 is 15.9 Å². The van der Waals surface area contributed by atoms with Gasteiger partial charge in [-0.25, -0.2) is 8.78 Å². The first-order chi connectivity index (χ1) is 8.15. The Morgan fingerprint density at radius 1 is 1.53 bits per heavy atom. The van der Waals surface area contributed by atoms with Crippen LogP contribution in [0.2, 0.25) is 0 Å². The molecule has 94 valence electrons. The molecule has 0 aromatic heterocycles. The number of nitrogens with one attached hydrogen (secondary N) is 1. The van der Waals surface area contributed by atoms with Gasteiger partial charge < -0.3 is 14.8 Å². The van der Waals surface area contributed by atoms with E-state index in [0.717, 1.165) is 6.07 Å². The van der Waals surface area contributed by atoms with Crippen molar-refractivity contribution in [2.75, 3.05) is 26.8 Å². The van der Waals surface area contributed by atoms with Crippen molar-refractivity contribution >= 4 is 15.9 Å². The van der Waals surface area contributed by atoms with E-state index in [-0.39, 0.29) is 15.8 Å². The van der Waals surface area contributed by atoms with Gasteiger partial charge in [-0.1, -0.05) is 0 Å². The molecule has 1 N–H and O–H groups in total. The van der Waals surface area contributed by atoms with Gasteiger partial charge in [0.25, 0.3) is 0 Å². The van der Waals surface area contributed by atoms with Crippen LogP contribution in [0.5, 0.6) is 5.75 Å². The van der Waals surface area contributed by atoms with Crippen LogP contribution in [0.4, 0.5) is 8.78 Å². The maximum absolute atomic E-state index is 14.0. The van der Waals surface area contributed by atoms with Crippen molar-refractivity contribution in [1.29, 1.82) is 0 Å². The van der Waals surface area contributed by atoms with Crippen LogP contribution < -0.4 is 10.1 Å². The smallest absolute Gasteiger partial charge is 0.166 e. The monoisotopic (exact) mass is 307 g/mol. The zero-order valence-electron chi connectivity index (χ0n) is 9.23. The lowest BCUT2D eigenvalue weighted by Crippen LogP contribution is -2.34. The van der Waals surface area contributed by atoms with Gasteiger partial charge in [0.15, 0.2) is 11.6 Å². The van der Waals surface area contributed by atoms with Gasteiger partial charge in [-0.15, -0.1) is 0 Å². The van der Waals surface area contributed by atoms with Crippen LogP contribution in [-0.4, -0.2) is 26.8 Å². The zero-order chi connectivity index (χ0) is 12.4. The third kappa shape index (κ3) is 2.43. The van der Waals surface area contributed by atoms with Crippen molar-refractivity contribution in [3.8, 4) is 5.75 Å². The van der Waals surface area contributed by atoms with Gasteiger partial charge in [0, 0.05) is 13.1 Å². The van der Waals surface area contributed by atoms with Gasteiger partial charge in [-0.05, 0) is 22.0 Å². The van der Waals surface area contributed by atoms with Gasteiger partial charge >= 0.3 is 0 Å². The van der Waals surface area contributed by atoms with E-state index >= 15 is 0 Å². The highest BCUT2D eigenvalue weighted by atomic mass is 79.9. The molecule has 1 aliphatic heterocycles. The lowest BCUT2D eigenvalue weighted by molar-refractivity contribution is 0.0236. The topological polar surface area (TPSA) is 30.5 Å². The van der Waals surface area contributed by atoms with E-state index in [9.17, 15) is 8.78 Å². The number of hydrogen-bond donors (Lipinski definition) is 1. The lowest BCUT2D eigenvalue weighted by Gasteiger charge is -2.26. The van der Waals surface area contributed by atoms with Crippen LogP contribution in [0.1, 0.15) is 11.7 Å². The first-order valence-electron chi connectivity index (χ1n) is 5.19. The summed E-state index contributed by atoms with van der Waals surface area (Å²) in [5.74, 6) is -1.25. The normalized spacial score (nSPS) is 20.4. The van der Waals surface area contributed by atoms with E-state index in [1.807, 2.05) is 0 Å². The quantitative estimate of drug-likeness (QED) is 0.851. The van der Waals surface area contributed by atoms with Crippen molar-refractivity contribution in [3.63, 3.8) is 0 Å². The van der Waals surface area contributed by atoms with Crippen LogP contribution in [-0.2, 0) is 4.74 Å². The Bertz CT molecular complexity index is 422. The van der Waals surface area contributed by atoms with Crippen molar-refractivity contribution in [3.05, 3.63) is 27.7 Å². The second-order valence-corrected chi connectivity index (χ2v) is 4.52. The summed E-state index contributed by atoms with van der Waals surface area (Å²) in [6.45, 7) is 1.60. The molecule has 1 aliphatic rings. The van der Waals surface area contributed by atoms with Crippen LogP contribution in [0.25, 0.3) is 0 Å². The van der Waals surface area contributed by atoms with Gasteiger partial charge in [0.1, 0.15) is 11.9 Å². The summed E-state index contributed by atoms with van der Waals surface area (Å²) in [4.78, 5) is 0. The molecule has 0 spiro atoms. The van der Waals surface area contributed by atoms with Crippen molar-refractivity contribution in [2.24, 2.45) is 0 Å². The van der Waals surface area contributed by atoms with E-state index in [1.165, 1.54) is 7.11 Å². The molecule has 0 aliphatic carbocycles. The molecule has 1 unspecified atom stereocenters. The Labute approximate surface area is 106 Å². The number of ether oxygens (including phenoxy) is 2. The molecular weight excluding hydrogens is 296 g/mol. The SMILES string of the molecule is COc1c(F)cc(Br)c(F)c1C1CNCCO1. The number of rotatable bonds is 2. The first kappa shape index (κ1) is 12.7. The molecule has 1 fully saturated rings. The average Bonchev–Trinajstić information content (AvgIpc) is 2.34. The molecule has 6 heteroatoms. The molecule has 0 bridgehead atoms. The number of halogens is 3. The zero-order valence-corrected chi connectivity index (χ0v) is 10.8. The molecular formula is C11H12BrF2NO2. The Hall–Kier alpha value is -0.720. The Balaban J connectivity index is 2.48. The summed E-state index contributed by atoms with van der Waals surface area (Å²) in [6.07, 6.45) is -0.536. The minimum atomic E-state index is -0.607. The summed E-state index contributed by atoms with van der Waals surface area (Å²) in [6, 6.07) is 1.05. The van der Waals surface area contributed by atoms with Gasteiger partial charge in [0.05, 0.1) is 23.8 Å². The summed E-state index contributed by atoms with van der Waals surface area (Å²) >= 11 is 2.98. The molecule has 0 amide bonds. The molecule has 1 aromatic carbocycles. The number of morpholine rings is 1. The summed E-state index contributed by atoms with van der Waals surface area (Å²) in [7, 11) is 1.31. The van der Waals surface area contributed by atoms with Crippen molar-refractivity contribution < 1.29 is 18.3 Å². The van der Waals surface area contributed by atoms with Crippen molar-refractivity contribution in [1.82, 2.24) is 5.32 Å². The predicted molar refractivity (Wildman–Crippen MR) is 62.2 cm³/mol. The van der Waals surface area contributed by atoms with Crippen molar-refractivity contribution in [2.45, 2.75) is 6.10 Å². The Morgan fingerprint density at radius 3 is 2.88 bits per heavy atom. The number of hydrogen-bond acceptors (Lipinski definition) is 3. The minimum Gasteiger partial charge on any atom is -0.493 e. The average molecular weight is 308 g/mol. The number of benzene rings is 1. The van der Waals surface area contributed by atoms with Gasteiger partial charge in [0.2, 0.25) is 0 Å². The van der Waals surface area contributed by atoms with Crippen LogP contribution in [0.3, 0.4) is 0 Å². The van der Waals surface area contributed by atoms with E-state index in [0.29, 0.717) is 19.7 Å². The molecule has 2 rings (SSSR count). The van der Waals surface area contributed by atoms with E-state index in [4.69, 9.17) is 9.47 Å². The third-order valence-electron chi connectivity index (χ3n) is 2.61. The highest BCUT2D eigenvalue weighted by molar-refractivity contribution is 9.10. The second kappa shape index (κ2) is 5.29. The molecule has 1 atom stereocenters. The minimum absolute atomic E-state index is 0.0694. The Kier molecular flexibility index (Phi) is 3.96. The van der Waals surface area contributed by atoms with Gasteiger partial charge in [-0.3, -0.25) is 0 Å². The standard InChI is InChI=1S/C11H12BrF2NO2/c1-16-11-7(13)4-6(12)10(14)9(11)8-5-15-2-3-17-8/h4,8,15H,2-3,5H2,1H3. The molecule has 0 saturated carbocycles. The molecule has 1 saturated heterocycles. The maximum Gasteiger partial charge on any atom is 0.166 e. The lowest BCUT2D eigenvalue weighted by atomic mass is 10.1. The summed E-state index contributed by atoms with van der Waals surface area (Å²) in [5, 5.41) is 3.07. The van der Waals surface area contributed by atoms with E-state index < -0.39 is 17.7 Å². The highest BCUT2D eigenvalue weighted by Gasteiger charge is 2.27. The third-order valence-corrected chi connectivity index (χ3v) is 3.19. The van der Waals surface area contributed by atoms with E-state index in [1.54, 1.807) is 0 Å².